The van der Waals surface area contributed by atoms with Gasteiger partial charge in [-0.15, -0.1) is 0 Å². The summed E-state index contributed by atoms with van der Waals surface area (Å²) in [5.41, 5.74) is 16.9. The number of nitrogens with zero attached hydrogens (tertiary/aromatic N) is 6. The zero-order valence-electron chi connectivity index (χ0n) is 34.0. The highest BCUT2D eigenvalue weighted by atomic mass is 15.2. The molecule has 0 spiro atoms. The first-order valence-corrected chi connectivity index (χ1v) is 21.5. The van der Waals surface area contributed by atoms with E-state index in [2.05, 4.69) is 241 Å². The van der Waals surface area contributed by atoms with Gasteiger partial charge in [-0.05, 0) is 102 Å². The summed E-state index contributed by atoms with van der Waals surface area (Å²) in [6, 6.07) is 78.8. The van der Waals surface area contributed by atoms with Crippen LogP contribution in [-0.4, -0.2) is 27.7 Å². The molecule has 0 atom stereocenters. The Balaban J connectivity index is 1.01. The first-order chi connectivity index (χ1) is 31.3. The fraction of sp³-hybridized carbons (Fsp3) is 0. The van der Waals surface area contributed by atoms with E-state index in [0.717, 1.165) is 67.1 Å². The van der Waals surface area contributed by atoms with Gasteiger partial charge in [0.25, 0.3) is 0 Å². The minimum atomic E-state index is 0.876. The summed E-state index contributed by atoms with van der Waals surface area (Å²) in [4.78, 5) is 5.65. The third-order valence-corrected chi connectivity index (χ3v) is 13.1. The van der Waals surface area contributed by atoms with Crippen molar-refractivity contribution >= 4 is 82.5 Å². The second-order valence-corrected chi connectivity index (χ2v) is 16.5. The first-order valence-electron chi connectivity index (χ1n) is 21.5. The molecule has 0 saturated heterocycles. The molecule has 294 valence electrons. The molecule has 9 aromatic carbocycles. The largest absolute Gasteiger partial charge is 0.309 e. The van der Waals surface area contributed by atoms with Gasteiger partial charge < -0.3 is 9.13 Å². The van der Waals surface area contributed by atoms with Crippen LogP contribution in [0.25, 0.3) is 116 Å². The Morgan fingerprint density at radius 2 is 0.730 bits per heavy atom. The minimum absolute atomic E-state index is 0.876. The smallest absolute Gasteiger partial charge is 0.222 e. The summed E-state index contributed by atoms with van der Waals surface area (Å²) in [6.07, 6.45) is 0. The van der Waals surface area contributed by atoms with Crippen LogP contribution in [0.1, 0.15) is 0 Å². The van der Waals surface area contributed by atoms with E-state index in [9.17, 15) is 0 Å². The summed E-state index contributed by atoms with van der Waals surface area (Å²) in [5.74, 6) is 0.876. The number of fused-ring (bicyclic) bond motifs is 13. The lowest BCUT2D eigenvalue weighted by molar-refractivity contribution is 1.09. The van der Waals surface area contributed by atoms with Gasteiger partial charge in [0.1, 0.15) is 5.52 Å². The molecule has 0 saturated carbocycles. The van der Waals surface area contributed by atoms with E-state index < -0.39 is 0 Å². The van der Waals surface area contributed by atoms with E-state index in [0.29, 0.717) is 0 Å². The van der Waals surface area contributed by atoms with Crippen molar-refractivity contribution in [2.24, 2.45) is 0 Å². The Bertz CT molecular complexity index is 4140. The quantitative estimate of drug-likeness (QED) is 0.171. The third kappa shape index (κ3) is 4.80. The molecular formula is C57H36N6. The fourth-order valence-electron chi connectivity index (χ4n) is 10.4. The van der Waals surface area contributed by atoms with Crippen LogP contribution in [0.3, 0.4) is 0 Å². The van der Waals surface area contributed by atoms with Crippen molar-refractivity contribution in [1.29, 1.82) is 0 Å². The van der Waals surface area contributed by atoms with E-state index in [1.54, 1.807) is 0 Å². The third-order valence-electron chi connectivity index (χ3n) is 13.1. The molecule has 0 bridgehead atoms. The molecule has 14 aromatic rings. The number of benzene rings is 9. The van der Waals surface area contributed by atoms with Crippen LogP contribution in [0.4, 0.5) is 0 Å². The first kappa shape index (κ1) is 34.1. The molecule has 0 N–H and O–H groups in total. The van der Waals surface area contributed by atoms with Crippen molar-refractivity contribution in [2.45, 2.75) is 0 Å². The Morgan fingerprint density at radius 1 is 0.270 bits per heavy atom. The lowest BCUT2D eigenvalue weighted by atomic mass is 10.1. The summed E-state index contributed by atoms with van der Waals surface area (Å²) >= 11 is 0. The lowest BCUT2D eigenvalue weighted by Crippen LogP contribution is -1.98. The normalized spacial score (nSPS) is 12.1. The van der Waals surface area contributed by atoms with Crippen LogP contribution in [0.5, 0.6) is 0 Å². The number of hydrogen-bond donors (Lipinski definition) is 0. The van der Waals surface area contributed by atoms with Gasteiger partial charge in [-0.3, -0.25) is 13.5 Å². The molecule has 0 fully saturated rings. The average Bonchev–Trinajstić information content (AvgIpc) is 4.13. The average molecular weight is 805 g/mol. The van der Waals surface area contributed by atoms with Crippen LogP contribution in [0.15, 0.2) is 218 Å². The van der Waals surface area contributed by atoms with Gasteiger partial charge >= 0.3 is 0 Å². The van der Waals surface area contributed by atoms with Gasteiger partial charge in [-0.1, -0.05) is 127 Å². The standard InChI is InChI=1S/C57H36N6/c1-3-16-37(17-4-1)38-18-15-21-40(34-38)60-49-26-11-8-23-44(49)47-36-42(31-33-52(47)60)62-53-28-13-14-29-54(53)63-55-45-24-9-12-27-50(45)61(56(55)58-57(62)63)41-30-32-51-46(35-41)43-22-7-10-25-48(43)59(51)39-19-5-2-6-20-39/h1-36H. The topological polar surface area (TPSA) is 37.0 Å². The molecule has 0 radical (unpaired) electrons. The molecule has 14 rings (SSSR count). The van der Waals surface area contributed by atoms with Crippen molar-refractivity contribution in [2.75, 3.05) is 0 Å². The molecule has 0 unspecified atom stereocenters. The Labute approximate surface area is 361 Å². The SMILES string of the molecule is c1ccc(-c2cccc(-n3c4ccccc4c4cc(-n5c6ccccc6n6c7c8ccccc8n(-c8ccc9c(c8)c8ccccc8n9-c8ccccc8)c7nc56)ccc43)c2)cc1. The highest BCUT2D eigenvalue weighted by molar-refractivity contribution is 6.13. The van der Waals surface area contributed by atoms with Crippen LogP contribution in [0, 0.1) is 0 Å². The molecule has 6 heteroatoms. The van der Waals surface area contributed by atoms with Gasteiger partial charge in [-0.2, -0.15) is 4.98 Å². The number of hydrogen-bond acceptors (Lipinski definition) is 1. The molecule has 0 amide bonds. The van der Waals surface area contributed by atoms with Crippen LogP contribution in [-0.2, 0) is 0 Å². The second kappa shape index (κ2) is 12.9. The molecule has 63 heavy (non-hydrogen) atoms. The highest BCUT2D eigenvalue weighted by Gasteiger charge is 2.25. The number of imidazole rings is 2. The maximum atomic E-state index is 5.65. The lowest BCUT2D eigenvalue weighted by Gasteiger charge is -2.11. The molecule has 6 nitrogen and oxygen atoms in total. The number of para-hydroxylation sites is 6. The molecule has 0 aliphatic heterocycles. The molecule has 5 aromatic heterocycles. The Kier molecular flexibility index (Phi) is 7.02. The van der Waals surface area contributed by atoms with Crippen LogP contribution >= 0.6 is 0 Å². The van der Waals surface area contributed by atoms with E-state index in [1.165, 1.54) is 49.2 Å². The summed E-state index contributed by atoms with van der Waals surface area (Å²) in [7, 11) is 0. The Morgan fingerprint density at radius 3 is 1.40 bits per heavy atom. The van der Waals surface area contributed by atoms with E-state index >= 15 is 0 Å². The molecule has 0 aliphatic carbocycles. The number of rotatable bonds is 5. The molecule has 5 heterocycles. The van der Waals surface area contributed by atoms with Crippen LogP contribution < -0.4 is 0 Å². The maximum absolute atomic E-state index is 5.65. The predicted octanol–water partition coefficient (Wildman–Crippen LogP) is 14.2. The van der Waals surface area contributed by atoms with Crippen LogP contribution in [0.2, 0.25) is 0 Å². The van der Waals surface area contributed by atoms with Crippen molar-refractivity contribution < 1.29 is 0 Å². The maximum Gasteiger partial charge on any atom is 0.222 e. The molecule has 0 aliphatic rings. The summed E-state index contributed by atoms with van der Waals surface area (Å²) in [5, 5.41) is 5.99. The van der Waals surface area contributed by atoms with Gasteiger partial charge in [0.15, 0.2) is 5.65 Å². The monoisotopic (exact) mass is 804 g/mol. The van der Waals surface area contributed by atoms with Gasteiger partial charge in [0.05, 0.1) is 38.6 Å². The zero-order chi connectivity index (χ0) is 41.2. The minimum Gasteiger partial charge on any atom is -0.309 e. The van der Waals surface area contributed by atoms with Gasteiger partial charge in [0, 0.05) is 49.7 Å². The van der Waals surface area contributed by atoms with Crippen molar-refractivity contribution in [1.82, 2.24) is 27.7 Å². The van der Waals surface area contributed by atoms with Crippen molar-refractivity contribution in [3.8, 4) is 33.9 Å². The van der Waals surface area contributed by atoms with E-state index in [-0.39, 0.29) is 0 Å². The second-order valence-electron chi connectivity index (χ2n) is 16.5. The Hall–Kier alpha value is -8.61. The number of aromatic nitrogens is 6. The van der Waals surface area contributed by atoms with E-state index in [4.69, 9.17) is 4.98 Å². The summed E-state index contributed by atoms with van der Waals surface area (Å²) < 4.78 is 11.8. The zero-order valence-corrected chi connectivity index (χ0v) is 34.0. The highest BCUT2D eigenvalue weighted by Crippen LogP contribution is 2.41. The van der Waals surface area contributed by atoms with E-state index in [1.807, 2.05) is 0 Å². The van der Waals surface area contributed by atoms with Gasteiger partial charge in [-0.25, -0.2) is 0 Å². The predicted molar refractivity (Wildman–Crippen MR) is 260 cm³/mol. The van der Waals surface area contributed by atoms with Crippen molar-refractivity contribution in [3.05, 3.63) is 218 Å². The van der Waals surface area contributed by atoms with Gasteiger partial charge in [0.2, 0.25) is 5.78 Å². The summed E-state index contributed by atoms with van der Waals surface area (Å²) in [6.45, 7) is 0. The van der Waals surface area contributed by atoms with Crippen molar-refractivity contribution in [3.63, 3.8) is 0 Å². The fourth-order valence-corrected chi connectivity index (χ4v) is 10.4. The molecular weight excluding hydrogens is 769 g/mol.